The van der Waals surface area contributed by atoms with E-state index in [9.17, 15) is 28.8 Å². The molecule has 1 heterocycles. The van der Waals surface area contributed by atoms with Crippen LogP contribution in [0.4, 0.5) is 4.79 Å². The van der Waals surface area contributed by atoms with Gasteiger partial charge in [-0.1, -0.05) is 87.5 Å². The Hall–Kier alpha value is -3.70. The first-order valence-electron chi connectivity index (χ1n) is 16.4. The smallest absolute Gasteiger partial charge is 0.316 e. The number of hydrogen-bond donors (Lipinski definition) is 4. The number of urea groups is 1. The number of carbonyl (C=O) groups excluding carboxylic acids is 6. The van der Waals surface area contributed by atoms with Gasteiger partial charge in [-0.25, -0.2) is 4.79 Å². The molecule has 2 rings (SSSR count). The minimum absolute atomic E-state index is 0.0205. The van der Waals surface area contributed by atoms with Crippen LogP contribution in [0.15, 0.2) is 24.9 Å². The van der Waals surface area contributed by atoms with Crippen LogP contribution in [0.5, 0.6) is 0 Å². The Balaban J connectivity index is 2.40. The van der Waals surface area contributed by atoms with E-state index in [-0.39, 0.29) is 42.0 Å². The summed E-state index contributed by atoms with van der Waals surface area (Å²) in [6.07, 6.45) is 7.35. The number of nitrogens with one attached hydrogen (secondary N) is 3. The molecule has 258 valence electrons. The first-order chi connectivity index (χ1) is 21.3. The number of amides is 6. The molecule has 0 aromatic heterocycles. The molecule has 46 heavy (non-hydrogen) atoms. The van der Waals surface area contributed by atoms with Gasteiger partial charge in [0.1, 0.15) is 18.1 Å². The number of primary amides is 1. The maximum Gasteiger partial charge on any atom is 0.316 e. The van der Waals surface area contributed by atoms with Gasteiger partial charge in [0.15, 0.2) is 0 Å². The van der Waals surface area contributed by atoms with E-state index in [0.717, 1.165) is 6.42 Å². The average molecular weight is 645 g/mol. The van der Waals surface area contributed by atoms with Gasteiger partial charge in [-0.3, -0.25) is 24.0 Å². The highest BCUT2D eigenvalue weighted by Crippen LogP contribution is 2.42. The van der Waals surface area contributed by atoms with Gasteiger partial charge >= 0.3 is 6.03 Å². The summed E-state index contributed by atoms with van der Waals surface area (Å²) in [5.41, 5.74) is 4.18. The Labute approximate surface area is 274 Å². The minimum Gasteiger partial charge on any atom is -0.363 e. The topological polar surface area (TPSA) is 171 Å². The van der Waals surface area contributed by atoms with Crippen molar-refractivity contribution in [3.8, 4) is 0 Å². The van der Waals surface area contributed by atoms with Gasteiger partial charge in [0, 0.05) is 13.1 Å². The molecule has 1 saturated heterocycles. The molecule has 0 aromatic rings. The van der Waals surface area contributed by atoms with Crippen LogP contribution in [-0.4, -0.2) is 82.5 Å². The molecule has 1 aliphatic carbocycles. The summed E-state index contributed by atoms with van der Waals surface area (Å²) in [6.45, 7) is 21.5. The Kier molecular flexibility index (Phi) is 13.2. The molecule has 5 N–H and O–H groups in total. The van der Waals surface area contributed by atoms with Crippen molar-refractivity contribution in [3.63, 3.8) is 0 Å². The lowest BCUT2D eigenvalue weighted by Crippen LogP contribution is -2.62. The maximum atomic E-state index is 14.4. The monoisotopic (exact) mass is 644 g/mol. The fourth-order valence-electron chi connectivity index (χ4n) is 5.97. The molecule has 1 unspecified atom stereocenters. The quantitative estimate of drug-likeness (QED) is 0.149. The molecule has 6 amide bonds. The molecule has 0 saturated carbocycles. The number of likely N-dealkylation sites (tertiary alicyclic amines) is 1. The van der Waals surface area contributed by atoms with Crippen molar-refractivity contribution in [1.29, 1.82) is 0 Å². The van der Waals surface area contributed by atoms with E-state index in [4.69, 9.17) is 5.73 Å². The third-order valence-electron chi connectivity index (χ3n) is 9.29. The average Bonchev–Trinajstić information content (AvgIpc) is 3.67. The molecule has 0 bridgehead atoms. The zero-order valence-corrected chi connectivity index (χ0v) is 29.1. The predicted octanol–water partition coefficient (Wildman–Crippen LogP) is 2.88. The van der Waals surface area contributed by atoms with E-state index in [1.807, 2.05) is 74.5 Å². The Morgan fingerprint density at radius 3 is 2.09 bits per heavy atom. The van der Waals surface area contributed by atoms with Gasteiger partial charge in [0.2, 0.25) is 23.5 Å². The van der Waals surface area contributed by atoms with Crippen LogP contribution < -0.4 is 21.7 Å². The highest BCUT2D eigenvalue weighted by molar-refractivity contribution is 6.37. The number of ketones is 1. The van der Waals surface area contributed by atoms with E-state index in [0.29, 0.717) is 19.4 Å². The fraction of sp³-hybridized carbons (Fsp3) is 0.706. The zero-order valence-electron chi connectivity index (χ0n) is 29.1. The van der Waals surface area contributed by atoms with E-state index < -0.39 is 59.1 Å². The molecular weight excluding hydrogens is 588 g/mol. The molecule has 5 atom stereocenters. The van der Waals surface area contributed by atoms with Gasteiger partial charge in [-0.15, -0.1) is 0 Å². The molecule has 0 spiro atoms. The van der Waals surface area contributed by atoms with Crippen molar-refractivity contribution >= 4 is 35.4 Å². The molecule has 0 radical (unpaired) electrons. The van der Waals surface area contributed by atoms with Crippen molar-refractivity contribution in [2.24, 2.45) is 34.3 Å². The third kappa shape index (κ3) is 9.65. The second-order valence-electron chi connectivity index (χ2n) is 14.6. The van der Waals surface area contributed by atoms with Crippen LogP contribution in [0, 0.1) is 28.6 Å². The van der Waals surface area contributed by atoms with Gasteiger partial charge in [0.25, 0.3) is 5.91 Å². The van der Waals surface area contributed by atoms with E-state index in [2.05, 4.69) is 22.5 Å². The minimum atomic E-state index is -1.14. The van der Waals surface area contributed by atoms with Crippen LogP contribution in [0.25, 0.3) is 0 Å². The summed E-state index contributed by atoms with van der Waals surface area (Å²) in [5.74, 6) is -3.85. The van der Waals surface area contributed by atoms with Crippen molar-refractivity contribution < 1.29 is 28.8 Å². The fourth-order valence-corrected chi connectivity index (χ4v) is 5.97. The summed E-state index contributed by atoms with van der Waals surface area (Å²) in [4.78, 5) is 82.5. The summed E-state index contributed by atoms with van der Waals surface area (Å²) in [6, 6.07) is -4.67. The number of nitrogens with zero attached hydrogens (tertiary/aromatic N) is 2. The summed E-state index contributed by atoms with van der Waals surface area (Å²) in [5, 5.41) is 8.31. The second kappa shape index (κ2) is 15.7. The number of allylic oxidation sites excluding steroid dienone is 2. The van der Waals surface area contributed by atoms with Crippen LogP contribution in [-0.2, 0) is 24.0 Å². The number of carbonyl (C=O) groups is 6. The lowest BCUT2D eigenvalue weighted by Gasteiger charge is -2.39. The lowest BCUT2D eigenvalue weighted by molar-refractivity contribution is -0.145. The van der Waals surface area contributed by atoms with Crippen LogP contribution in [0.1, 0.15) is 88.0 Å². The van der Waals surface area contributed by atoms with Gasteiger partial charge in [-0.2, -0.15) is 0 Å². The summed E-state index contributed by atoms with van der Waals surface area (Å²) < 4.78 is 0. The Morgan fingerprint density at radius 2 is 1.63 bits per heavy atom. The molecular formula is C34H56N6O6. The van der Waals surface area contributed by atoms with Crippen molar-refractivity contribution in [1.82, 2.24) is 25.8 Å². The van der Waals surface area contributed by atoms with E-state index in [1.54, 1.807) is 0 Å². The maximum absolute atomic E-state index is 14.4. The first kappa shape index (κ1) is 38.5. The number of Topliss-reactive ketones (excluding diaryl/α,β-unsaturated/α-hetero) is 1. The predicted molar refractivity (Wildman–Crippen MR) is 177 cm³/mol. The lowest BCUT2D eigenvalue weighted by atomic mass is 9.72. The molecule has 12 heteroatoms. The Bertz CT molecular complexity index is 1200. The van der Waals surface area contributed by atoms with Crippen molar-refractivity contribution in [2.75, 3.05) is 13.1 Å². The third-order valence-corrected chi connectivity index (χ3v) is 9.29. The van der Waals surface area contributed by atoms with Crippen LogP contribution >= 0.6 is 0 Å². The first-order valence-corrected chi connectivity index (χ1v) is 16.4. The summed E-state index contributed by atoms with van der Waals surface area (Å²) in [7, 11) is 0. The van der Waals surface area contributed by atoms with Gasteiger partial charge in [0.05, 0.1) is 6.04 Å². The molecule has 1 fully saturated rings. The highest BCUT2D eigenvalue weighted by Gasteiger charge is 2.51. The molecule has 12 nitrogen and oxygen atoms in total. The summed E-state index contributed by atoms with van der Waals surface area (Å²) >= 11 is 0. The van der Waals surface area contributed by atoms with E-state index >= 15 is 0 Å². The number of nitrogens with two attached hydrogens (primary N) is 1. The number of hydrogen-bond acceptors (Lipinski definition) is 6. The van der Waals surface area contributed by atoms with Gasteiger partial charge < -0.3 is 31.5 Å². The normalized spacial score (nSPS) is 20.0. The van der Waals surface area contributed by atoms with Crippen LogP contribution in [0.3, 0.4) is 0 Å². The Morgan fingerprint density at radius 1 is 1.02 bits per heavy atom. The zero-order chi connectivity index (χ0) is 35.1. The van der Waals surface area contributed by atoms with Gasteiger partial charge in [-0.05, 0) is 54.0 Å². The highest BCUT2D eigenvalue weighted by atomic mass is 16.2. The molecule has 0 aromatic carbocycles. The largest absolute Gasteiger partial charge is 0.363 e. The standard InChI is InChI=1S/C34H56N6O6/c1-11-17-39(13-3)30(44)24(20(4)5)37-32(46)38-27(33(6,7)8)31(45)40-18-16-22(34(9,10)12-2)25(40)29(43)36-23(19-21-14-15-21)26(41)28(35)42/h13-15,20-25,27H,3,11-12,16-19H2,1-2,4-10H3,(H2,35,42)(H,36,43)(H2,37,38,46)/t22-,23?,24-,25-,27+/m0/s1. The van der Waals surface area contributed by atoms with E-state index in [1.165, 1.54) is 16.0 Å². The van der Waals surface area contributed by atoms with Crippen molar-refractivity contribution in [2.45, 2.75) is 112 Å². The number of rotatable bonds is 16. The SMILES string of the molecule is C=CN(CCC)C(=O)[C@@H](NC(=O)N[C@H](C(=O)N1CC[C@H](C(C)(C)CC)[C@H]1C(=O)NC(CC1C=C1)C(=O)C(N)=O)C(C)(C)C)C(C)C. The second-order valence-corrected chi connectivity index (χ2v) is 14.6. The molecule has 2 aliphatic rings. The van der Waals surface area contributed by atoms with Crippen molar-refractivity contribution in [3.05, 3.63) is 24.9 Å². The molecule has 1 aliphatic heterocycles. The van der Waals surface area contributed by atoms with Crippen LogP contribution in [0.2, 0.25) is 0 Å².